The van der Waals surface area contributed by atoms with E-state index in [1.54, 1.807) is 68.6 Å². The van der Waals surface area contributed by atoms with Crippen molar-refractivity contribution in [3.63, 3.8) is 0 Å². The number of nitriles is 1. The number of alkyl halides is 3. The van der Waals surface area contributed by atoms with Crippen molar-refractivity contribution < 1.29 is 27.5 Å². The summed E-state index contributed by atoms with van der Waals surface area (Å²) in [7, 11) is 0. The normalized spacial score (nSPS) is 16.9. The molecule has 0 radical (unpaired) electrons. The first-order valence-electron chi connectivity index (χ1n) is 13.6. The number of halogens is 3. The molecule has 44 heavy (non-hydrogen) atoms. The van der Waals surface area contributed by atoms with Crippen LogP contribution in [-0.4, -0.2) is 100 Å². The van der Waals surface area contributed by atoms with E-state index in [1.165, 1.54) is 6.20 Å². The van der Waals surface area contributed by atoms with Gasteiger partial charge in [-0.05, 0) is 18.2 Å². The molecule has 0 unspecified atom stereocenters. The van der Waals surface area contributed by atoms with Crippen LogP contribution in [0, 0.1) is 11.3 Å². The van der Waals surface area contributed by atoms with Gasteiger partial charge in [-0.15, -0.1) is 0 Å². The van der Waals surface area contributed by atoms with Crippen molar-refractivity contribution in [2.75, 3.05) is 51.3 Å². The first kappa shape index (κ1) is 30.3. The van der Waals surface area contributed by atoms with Crippen LogP contribution in [-0.2, 0) is 4.74 Å². The molecule has 13 nitrogen and oxygen atoms in total. The van der Waals surface area contributed by atoms with Crippen LogP contribution in [0.1, 0.15) is 12.0 Å². The number of nitrogens with two attached hydrogens (primary N) is 1. The molecule has 2 aromatic heterocycles. The summed E-state index contributed by atoms with van der Waals surface area (Å²) in [6.07, 6.45) is 1.70. The molecule has 0 bridgehead atoms. The Morgan fingerprint density at radius 3 is 2.66 bits per heavy atom. The van der Waals surface area contributed by atoms with Crippen LogP contribution in [0.3, 0.4) is 0 Å². The van der Waals surface area contributed by atoms with Crippen molar-refractivity contribution in [1.82, 2.24) is 29.7 Å². The summed E-state index contributed by atoms with van der Waals surface area (Å²) in [5.74, 6) is 0. The molecule has 4 amide bonds. The van der Waals surface area contributed by atoms with E-state index in [0.717, 1.165) is 0 Å². The lowest BCUT2D eigenvalue weighted by Crippen LogP contribution is -2.65. The summed E-state index contributed by atoms with van der Waals surface area (Å²) < 4.78 is 44.1. The summed E-state index contributed by atoms with van der Waals surface area (Å²) in [6, 6.07) is 9.35. The number of imidazole rings is 1. The maximum Gasteiger partial charge on any atom is 0.405 e. The number of aromatic nitrogens is 3. The zero-order chi connectivity index (χ0) is 31.3. The molecule has 0 aliphatic carbocycles. The van der Waals surface area contributed by atoms with E-state index in [2.05, 4.69) is 26.5 Å². The maximum atomic E-state index is 12.8. The number of morpholine rings is 1. The number of benzene rings is 1. The molecule has 4 N–H and O–H groups in total. The zero-order valence-corrected chi connectivity index (χ0v) is 23.4. The van der Waals surface area contributed by atoms with Crippen molar-refractivity contribution in [2.24, 2.45) is 10.7 Å². The summed E-state index contributed by atoms with van der Waals surface area (Å²) in [4.78, 5) is 37.2. The van der Waals surface area contributed by atoms with Gasteiger partial charge in [0.15, 0.2) is 5.65 Å². The van der Waals surface area contributed by atoms with Gasteiger partial charge in [-0.3, -0.25) is 4.99 Å². The van der Waals surface area contributed by atoms with Crippen LogP contribution in [0.25, 0.3) is 22.5 Å². The fraction of sp³-hybridized carbons (Fsp3) is 0.357. The van der Waals surface area contributed by atoms with E-state index in [4.69, 9.17) is 10.5 Å². The molecule has 0 spiro atoms. The maximum absolute atomic E-state index is 12.8. The average molecular weight is 611 g/mol. The minimum atomic E-state index is -4.52. The average Bonchev–Trinajstić information content (AvgIpc) is 3.42. The summed E-state index contributed by atoms with van der Waals surface area (Å²) in [6.45, 7) is 1.22. The van der Waals surface area contributed by atoms with Crippen LogP contribution in [0.15, 0.2) is 53.9 Å². The Kier molecular flexibility index (Phi) is 8.67. The fourth-order valence-electron chi connectivity index (χ4n) is 4.90. The van der Waals surface area contributed by atoms with Gasteiger partial charge < -0.3 is 30.9 Å². The molecule has 5 rings (SSSR count). The third-order valence-corrected chi connectivity index (χ3v) is 7.15. The standard InChI is InChI=1S/C28H29F3N10O3/c29-28(30,31)16-35-25(42)38-22-3-1-2-19(10-22)23-15-34-24-11-20(14-37-41(23)24)21(12-33)13-36-27(4-5-32)17-40(18-27)26(43)39-6-8-44-9-7-39/h1-3,10-15H,4,6-9,16-18,33H2,(H2,35,38,42)/b21-12+,36-13?. The fourth-order valence-corrected chi connectivity index (χ4v) is 4.90. The second kappa shape index (κ2) is 12.6. The Morgan fingerprint density at radius 1 is 1.18 bits per heavy atom. The number of carbonyl (C=O) groups excluding carboxylic acids is 2. The quantitative estimate of drug-likeness (QED) is 0.346. The second-order valence-electron chi connectivity index (χ2n) is 10.3. The van der Waals surface area contributed by atoms with Crippen LogP contribution in [0.4, 0.5) is 28.4 Å². The molecule has 3 aromatic rings. The molecular formula is C28H29F3N10O3. The molecule has 230 valence electrons. The molecular weight excluding hydrogens is 581 g/mol. The third kappa shape index (κ3) is 6.89. The summed E-state index contributed by atoms with van der Waals surface area (Å²) in [5, 5.41) is 18.1. The number of nitrogens with zero attached hydrogens (tertiary/aromatic N) is 7. The first-order chi connectivity index (χ1) is 21.1. The molecule has 16 heteroatoms. The summed E-state index contributed by atoms with van der Waals surface area (Å²) >= 11 is 0. The van der Waals surface area contributed by atoms with Gasteiger partial charge in [0.2, 0.25) is 0 Å². The molecule has 1 aromatic carbocycles. The topological polar surface area (TPSA) is 166 Å². The van der Waals surface area contributed by atoms with Crippen LogP contribution in [0.2, 0.25) is 0 Å². The molecule has 2 saturated heterocycles. The SMILES string of the molecule is N#CCC1(N=C/C(=C\N)c2cnn3c(-c4cccc(NC(=O)NCC(F)(F)F)c4)cnc3c2)CN(C(=O)N2CCOCC2)C1. The Labute approximate surface area is 249 Å². The highest BCUT2D eigenvalue weighted by molar-refractivity contribution is 6.10. The van der Waals surface area contributed by atoms with E-state index >= 15 is 0 Å². The lowest BCUT2D eigenvalue weighted by molar-refractivity contribution is -0.122. The van der Waals surface area contributed by atoms with Crippen molar-refractivity contribution >= 4 is 35.2 Å². The number of hydrogen-bond donors (Lipinski definition) is 3. The molecule has 2 aliphatic rings. The number of anilines is 1. The highest BCUT2D eigenvalue weighted by Gasteiger charge is 2.46. The number of fused-ring (bicyclic) bond motifs is 1. The Balaban J connectivity index is 1.28. The van der Waals surface area contributed by atoms with E-state index in [1.807, 2.05) is 0 Å². The number of nitrogens with one attached hydrogen (secondary N) is 2. The van der Waals surface area contributed by atoms with Gasteiger partial charge in [0.1, 0.15) is 12.1 Å². The Bertz CT molecular complexity index is 1630. The minimum Gasteiger partial charge on any atom is -0.404 e. The Morgan fingerprint density at radius 2 is 1.95 bits per heavy atom. The van der Waals surface area contributed by atoms with Crippen LogP contribution < -0.4 is 16.4 Å². The smallest absolute Gasteiger partial charge is 0.404 e. The largest absolute Gasteiger partial charge is 0.405 e. The van der Waals surface area contributed by atoms with Crippen molar-refractivity contribution in [2.45, 2.75) is 18.1 Å². The number of urea groups is 2. The Hall–Kier alpha value is -5.17. The number of allylic oxidation sites excluding steroid dienone is 1. The van der Waals surface area contributed by atoms with Gasteiger partial charge in [0, 0.05) is 47.9 Å². The second-order valence-corrected chi connectivity index (χ2v) is 10.3. The first-order valence-corrected chi connectivity index (χ1v) is 13.6. The molecule has 0 saturated carbocycles. The van der Waals surface area contributed by atoms with Crippen molar-refractivity contribution in [1.29, 1.82) is 5.26 Å². The van der Waals surface area contributed by atoms with Gasteiger partial charge in [-0.1, -0.05) is 12.1 Å². The van der Waals surface area contributed by atoms with Crippen LogP contribution in [0.5, 0.6) is 0 Å². The number of amides is 4. The predicted octanol–water partition coefficient (Wildman–Crippen LogP) is 2.87. The van der Waals surface area contributed by atoms with E-state index in [0.29, 0.717) is 67.4 Å². The molecule has 2 fully saturated rings. The lowest BCUT2D eigenvalue weighted by atomic mass is 9.87. The molecule has 2 aliphatic heterocycles. The van der Waals surface area contributed by atoms with E-state index < -0.39 is 24.3 Å². The number of carbonyl (C=O) groups is 2. The van der Waals surface area contributed by atoms with Crippen molar-refractivity contribution in [3.05, 3.63) is 54.5 Å². The number of ether oxygens (including phenoxy) is 1. The third-order valence-electron chi connectivity index (χ3n) is 7.15. The van der Waals surface area contributed by atoms with Crippen LogP contribution >= 0.6 is 0 Å². The minimum absolute atomic E-state index is 0.0949. The number of likely N-dealkylation sites (tertiary alicyclic amines) is 1. The molecule has 4 heterocycles. The zero-order valence-electron chi connectivity index (χ0n) is 23.4. The van der Waals surface area contributed by atoms with Crippen molar-refractivity contribution in [3.8, 4) is 17.3 Å². The van der Waals surface area contributed by atoms with Gasteiger partial charge in [0.25, 0.3) is 0 Å². The van der Waals surface area contributed by atoms with Gasteiger partial charge in [0.05, 0.1) is 56.9 Å². The van der Waals surface area contributed by atoms with Gasteiger partial charge in [-0.2, -0.15) is 23.5 Å². The van der Waals surface area contributed by atoms with E-state index in [9.17, 15) is 28.0 Å². The molecule has 0 atom stereocenters. The number of hydrogen-bond acceptors (Lipinski definition) is 8. The number of rotatable bonds is 7. The highest BCUT2D eigenvalue weighted by Crippen LogP contribution is 2.31. The summed E-state index contributed by atoms with van der Waals surface area (Å²) in [5.41, 5.74) is 8.28. The van der Waals surface area contributed by atoms with Gasteiger partial charge >= 0.3 is 18.2 Å². The lowest BCUT2D eigenvalue weighted by Gasteiger charge is -2.48. The monoisotopic (exact) mass is 610 g/mol. The highest BCUT2D eigenvalue weighted by atomic mass is 19.4. The van der Waals surface area contributed by atoms with Gasteiger partial charge in [-0.25, -0.2) is 19.1 Å². The number of aliphatic imine (C=N–C) groups is 1. The van der Waals surface area contributed by atoms with E-state index in [-0.39, 0.29) is 18.1 Å². The predicted molar refractivity (Wildman–Crippen MR) is 154 cm³/mol.